The molecule has 0 amide bonds. The third-order valence-electron chi connectivity index (χ3n) is 2.50. The lowest BCUT2D eigenvalue weighted by Crippen LogP contribution is -2.29. The Hall–Kier alpha value is -1.14. The number of benzene rings is 1. The molecule has 102 valence electrons. The molecule has 0 saturated heterocycles. The van der Waals surface area contributed by atoms with Crippen LogP contribution in [0.4, 0.5) is 4.39 Å². The standard InChI is InChI=1S/C12H18FNO3S/c1-4-8-18(15,16)14-9(2)12-10(13)6-5-7-11(12)17-3/h5-7,9,14H,4,8H2,1-3H3. The van der Waals surface area contributed by atoms with Crippen LogP contribution >= 0.6 is 0 Å². The van der Waals surface area contributed by atoms with Gasteiger partial charge in [-0.3, -0.25) is 0 Å². The first-order valence-electron chi connectivity index (χ1n) is 5.73. The Bertz CT molecular complexity index is 502. The molecule has 0 radical (unpaired) electrons. The van der Waals surface area contributed by atoms with Crippen molar-refractivity contribution >= 4 is 10.0 Å². The summed E-state index contributed by atoms with van der Waals surface area (Å²) in [6, 6.07) is 3.73. The fraction of sp³-hybridized carbons (Fsp3) is 0.500. The number of ether oxygens (including phenoxy) is 1. The van der Waals surface area contributed by atoms with Crippen molar-refractivity contribution in [1.29, 1.82) is 0 Å². The number of nitrogens with one attached hydrogen (secondary N) is 1. The molecule has 6 heteroatoms. The van der Waals surface area contributed by atoms with Gasteiger partial charge in [0.05, 0.1) is 18.9 Å². The summed E-state index contributed by atoms with van der Waals surface area (Å²) in [5, 5.41) is 0. The number of methoxy groups -OCH3 is 1. The second-order valence-corrected chi connectivity index (χ2v) is 5.89. The number of hydrogen-bond donors (Lipinski definition) is 1. The van der Waals surface area contributed by atoms with Gasteiger partial charge in [-0.1, -0.05) is 13.0 Å². The molecule has 1 atom stereocenters. The second-order valence-electron chi connectivity index (χ2n) is 4.01. The van der Waals surface area contributed by atoms with Crippen LogP contribution in [0.25, 0.3) is 0 Å². The Morgan fingerprint density at radius 1 is 1.44 bits per heavy atom. The molecule has 1 N–H and O–H groups in total. The third-order valence-corrected chi connectivity index (χ3v) is 4.15. The summed E-state index contributed by atoms with van der Waals surface area (Å²) < 4.78 is 44.5. The van der Waals surface area contributed by atoms with E-state index in [1.807, 2.05) is 0 Å². The van der Waals surface area contributed by atoms with Crippen LogP contribution in [0.1, 0.15) is 31.9 Å². The Morgan fingerprint density at radius 3 is 2.67 bits per heavy atom. The van der Waals surface area contributed by atoms with Crippen LogP contribution in [0.2, 0.25) is 0 Å². The number of rotatable bonds is 6. The molecule has 0 aliphatic heterocycles. The van der Waals surface area contributed by atoms with Gasteiger partial charge in [0.2, 0.25) is 10.0 Å². The second kappa shape index (κ2) is 6.15. The van der Waals surface area contributed by atoms with Crippen molar-refractivity contribution in [1.82, 2.24) is 4.72 Å². The molecule has 0 aromatic heterocycles. The molecule has 0 aliphatic carbocycles. The van der Waals surface area contributed by atoms with Gasteiger partial charge in [-0.05, 0) is 25.5 Å². The molecule has 1 aromatic rings. The van der Waals surface area contributed by atoms with Crippen LogP contribution < -0.4 is 9.46 Å². The Morgan fingerprint density at radius 2 is 2.11 bits per heavy atom. The number of halogens is 1. The Balaban J connectivity index is 3.01. The van der Waals surface area contributed by atoms with Gasteiger partial charge in [-0.25, -0.2) is 17.5 Å². The van der Waals surface area contributed by atoms with Crippen LogP contribution in [0, 0.1) is 5.82 Å². The van der Waals surface area contributed by atoms with Crippen LogP contribution in [0.15, 0.2) is 18.2 Å². The average Bonchev–Trinajstić information content (AvgIpc) is 2.27. The van der Waals surface area contributed by atoms with Crippen molar-refractivity contribution in [3.05, 3.63) is 29.6 Å². The summed E-state index contributed by atoms with van der Waals surface area (Å²) in [4.78, 5) is 0. The van der Waals surface area contributed by atoms with Gasteiger partial charge >= 0.3 is 0 Å². The first-order valence-corrected chi connectivity index (χ1v) is 7.39. The lowest BCUT2D eigenvalue weighted by molar-refractivity contribution is 0.398. The quantitative estimate of drug-likeness (QED) is 0.866. The van der Waals surface area contributed by atoms with E-state index in [0.717, 1.165) is 0 Å². The van der Waals surface area contributed by atoms with E-state index >= 15 is 0 Å². The minimum atomic E-state index is -3.39. The Kier molecular flexibility index (Phi) is 5.10. The highest BCUT2D eigenvalue weighted by Crippen LogP contribution is 2.28. The molecule has 0 fully saturated rings. The average molecular weight is 275 g/mol. The number of sulfonamides is 1. The van der Waals surface area contributed by atoms with Crippen molar-refractivity contribution in [2.45, 2.75) is 26.3 Å². The maximum absolute atomic E-state index is 13.7. The zero-order chi connectivity index (χ0) is 13.8. The normalized spacial score (nSPS) is 13.3. The van der Waals surface area contributed by atoms with Crippen molar-refractivity contribution in [3.63, 3.8) is 0 Å². The fourth-order valence-electron chi connectivity index (χ4n) is 1.77. The van der Waals surface area contributed by atoms with Gasteiger partial charge in [0.15, 0.2) is 0 Å². The molecule has 0 aliphatic rings. The zero-order valence-electron chi connectivity index (χ0n) is 10.7. The molecule has 0 heterocycles. The van der Waals surface area contributed by atoms with Crippen LogP contribution in [0.5, 0.6) is 5.75 Å². The van der Waals surface area contributed by atoms with E-state index in [9.17, 15) is 12.8 Å². The summed E-state index contributed by atoms with van der Waals surface area (Å²) in [7, 11) is -1.97. The van der Waals surface area contributed by atoms with E-state index in [1.165, 1.54) is 19.2 Å². The predicted octanol–water partition coefficient (Wildman–Crippen LogP) is 2.22. The first kappa shape index (κ1) is 14.9. The molecule has 4 nitrogen and oxygen atoms in total. The topological polar surface area (TPSA) is 55.4 Å². The minimum Gasteiger partial charge on any atom is -0.496 e. The molecule has 1 rings (SSSR count). The fourth-order valence-corrected chi connectivity index (χ4v) is 3.08. The van der Waals surface area contributed by atoms with Crippen LogP contribution in [-0.2, 0) is 10.0 Å². The van der Waals surface area contributed by atoms with Gasteiger partial charge in [-0.2, -0.15) is 0 Å². The van der Waals surface area contributed by atoms with Gasteiger partial charge in [-0.15, -0.1) is 0 Å². The van der Waals surface area contributed by atoms with Crippen LogP contribution in [0.3, 0.4) is 0 Å². The molecular weight excluding hydrogens is 257 g/mol. The first-order chi connectivity index (χ1) is 8.41. The lowest BCUT2D eigenvalue weighted by Gasteiger charge is -2.17. The highest BCUT2D eigenvalue weighted by molar-refractivity contribution is 7.89. The van der Waals surface area contributed by atoms with Crippen molar-refractivity contribution in [3.8, 4) is 5.75 Å². The summed E-state index contributed by atoms with van der Waals surface area (Å²) >= 11 is 0. The molecule has 1 aromatic carbocycles. The smallest absolute Gasteiger partial charge is 0.212 e. The summed E-state index contributed by atoms with van der Waals surface area (Å²) in [5.74, 6) is -0.128. The summed E-state index contributed by atoms with van der Waals surface area (Å²) in [6.07, 6.45) is 0.510. The monoisotopic (exact) mass is 275 g/mol. The minimum absolute atomic E-state index is 0.0219. The third kappa shape index (κ3) is 3.68. The molecule has 0 spiro atoms. The van der Waals surface area contributed by atoms with Gasteiger partial charge in [0.1, 0.15) is 11.6 Å². The maximum Gasteiger partial charge on any atom is 0.212 e. The van der Waals surface area contributed by atoms with E-state index < -0.39 is 21.9 Å². The van der Waals surface area contributed by atoms with Crippen molar-refractivity contribution in [2.24, 2.45) is 0 Å². The summed E-state index contributed by atoms with van der Waals surface area (Å²) in [6.45, 7) is 3.36. The van der Waals surface area contributed by atoms with Gasteiger partial charge < -0.3 is 4.74 Å². The largest absolute Gasteiger partial charge is 0.496 e. The van der Waals surface area contributed by atoms with Gasteiger partial charge in [0, 0.05) is 5.56 Å². The van der Waals surface area contributed by atoms with E-state index in [1.54, 1.807) is 19.9 Å². The Labute approximate surface area is 107 Å². The van der Waals surface area contributed by atoms with E-state index in [-0.39, 0.29) is 11.3 Å². The molecule has 0 saturated carbocycles. The molecule has 1 unspecified atom stereocenters. The van der Waals surface area contributed by atoms with Gasteiger partial charge in [0.25, 0.3) is 0 Å². The predicted molar refractivity (Wildman–Crippen MR) is 68.6 cm³/mol. The number of hydrogen-bond acceptors (Lipinski definition) is 3. The highest BCUT2D eigenvalue weighted by atomic mass is 32.2. The highest BCUT2D eigenvalue weighted by Gasteiger charge is 2.21. The van der Waals surface area contributed by atoms with E-state index in [4.69, 9.17) is 4.74 Å². The van der Waals surface area contributed by atoms with Crippen LogP contribution in [-0.4, -0.2) is 21.3 Å². The summed E-state index contributed by atoms with van der Waals surface area (Å²) in [5.41, 5.74) is 0.222. The lowest BCUT2D eigenvalue weighted by atomic mass is 10.1. The molecular formula is C12H18FNO3S. The van der Waals surface area contributed by atoms with E-state index in [0.29, 0.717) is 12.2 Å². The maximum atomic E-state index is 13.7. The van der Waals surface area contributed by atoms with Crippen molar-refractivity contribution in [2.75, 3.05) is 12.9 Å². The molecule has 18 heavy (non-hydrogen) atoms. The van der Waals surface area contributed by atoms with E-state index in [2.05, 4.69) is 4.72 Å². The molecule has 0 bridgehead atoms. The van der Waals surface area contributed by atoms with Crippen molar-refractivity contribution < 1.29 is 17.5 Å². The zero-order valence-corrected chi connectivity index (χ0v) is 11.6. The SMILES string of the molecule is CCCS(=O)(=O)NC(C)c1c(F)cccc1OC.